The zero-order valence-electron chi connectivity index (χ0n) is 16.9. The lowest BCUT2D eigenvalue weighted by molar-refractivity contribution is -0.139. The van der Waals surface area contributed by atoms with Gasteiger partial charge < -0.3 is 9.84 Å². The minimum atomic E-state index is -0.997. The number of carboxylic acids is 1. The summed E-state index contributed by atoms with van der Waals surface area (Å²) in [7, 11) is 0. The maximum Gasteiger partial charge on any atom is 0.341 e. The summed E-state index contributed by atoms with van der Waals surface area (Å²) in [5.74, 6) is -0.459. The number of benzene rings is 3. The predicted molar refractivity (Wildman–Crippen MR) is 118 cm³/mol. The second kappa shape index (κ2) is 10.8. The van der Waals surface area contributed by atoms with Gasteiger partial charge in [0.25, 0.3) is 0 Å². The van der Waals surface area contributed by atoms with Crippen molar-refractivity contribution in [3.63, 3.8) is 0 Å². The number of hydrogen-bond donors (Lipinski definition) is 2. The van der Waals surface area contributed by atoms with Gasteiger partial charge in [0.2, 0.25) is 0 Å². The molecule has 5 nitrogen and oxygen atoms in total. The fraction of sp³-hybridized carbons (Fsp3) is 0.160. The third kappa shape index (κ3) is 6.22. The highest BCUT2D eigenvalue weighted by Crippen LogP contribution is 2.21. The van der Waals surface area contributed by atoms with Crippen LogP contribution >= 0.6 is 0 Å². The standard InChI is InChI=1S/C25H25NO4/c1-2-24(22-13-11-21(12-14-22)20-8-4-3-5-9-20)26-30-16-15-19-7-6-10-23(17-19)29-18-25(27)28/h2-14,17,26H,15-16,18H2,1H3,(H,27,28). The molecular weight excluding hydrogens is 378 g/mol. The van der Waals surface area contributed by atoms with Crippen molar-refractivity contribution in [2.24, 2.45) is 0 Å². The Morgan fingerprint density at radius 1 is 0.967 bits per heavy atom. The quantitative estimate of drug-likeness (QED) is 0.371. The number of hydroxylamine groups is 1. The molecule has 2 N–H and O–H groups in total. The van der Waals surface area contributed by atoms with E-state index in [1.807, 2.05) is 49.4 Å². The molecule has 3 aromatic rings. The molecule has 0 aliphatic rings. The fourth-order valence-corrected chi connectivity index (χ4v) is 2.99. The van der Waals surface area contributed by atoms with Crippen LogP contribution in [-0.4, -0.2) is 24.3 Å². The minimum Gasteiger partial charge on any atom is -0.482 e. The lowest BCUT2D eigenvalue weighted by atomic mass is 10.0. The fourth-order valence-electron chi connectivity index (χ4n) is 2.99. The molecule has 5 heteroatoms. The van der Waals surface area contributed by atoms with Crippen molar-refractivity contribution >= 4 is 11.7 Å². The molecule has 0 saturated carbocycles. The van der Waals surface area contributed by atoms with Crippen LogP contribution in [0.3, 0.4) is 0 Å². The molecule has 0 aromatic heterocycles. The first-order valence-electron chi connectivity index (χ1n) is 9.79. The molecule has 0 unspecified atom stereocenters. The smallest absolute Gasteiger partial charge is 0.341 e. The van der Waals surface area contributed by atoms with Gasteiger partial charge in [-0.1, -0.05) is 72.8 Å². The Hall–Kier alpha value is -3.57. The molecule has 30 heavy (non-hydrogen) atoms. The number of ether oxygens (including phenoxy) is 1. The van der Waals surface area contributed by atoms with Gasteiger partial charge in [0.15, 0.2) is 6.61 Å². The summed E-state index contributed by atoms with van der Waals surface area (Å²) >= 11 is 0. The molecule has 0 aliphatic heterocycles. The van der Waals surface area contributed by atoms with Crippen molar-refractivity contribution in [1.82, 2.24) is 5.48 Å². The SMILES string of the molecule is CC=C(NOCCc1cccc(OCC(=O)O)c1)c1ccc(-c2ccccc2)cc1. The molecule has 0 saturated heterocycles. The van der Waals surface area contributed by atoms with E-state index < -0.39 is 5.97 Å². The second-order valence-corrected chi connectivity index (χ2v) is 6.68. The Morgan fingerprint density at radius 3 is 2.40 bits per heavy atom. The van der Waals surface area contributed by atoms with Gasteiger partial charge in [-0.25, -0.2) is 4.79 Å². The number of carboxylic acid groups (broad SMARTS) is 1. The van der Waals surface area contributed by atoms with E-state index in [9.17, 15) is 4.79 Å². The van der Waals surface area contributed by atoms with E-state index in [2.05, 4.69) is 41.9 Å². The highest BCUT2D eigenvalue weighted by molar-refractivity contribution is 5.69. The van der Waals surface area contributed by atoms with Crippen LogP contribution in [0.2, 0.25) is 0 Å². The van der Waals surface area contributed by atoms with Gasteiger partial charge in [0.05, 0.1) is 12.3 Å². The molecule has 0 spiro atoms. The topological polar surface area (TPSA) is 67.8 Å². The third-order valence-electron chi connectivity index (χ3n) is 4.53. The number of carbonyl (C=O) groups is 1. The Bertz CT molecular complexity index is 982. The van der Waals surface area contributed by atoms with Crippen molar-refractivity contribution < 1.29 is 19.5 Å². The second-order valence-electron chi connectivity index (χ2n) is 6.68. The summed E-state index contributed by atoms with van der Waals surface area (Å²) in [6, 6.07) is 25.9. The van der Waals surface area contributed by atoms with Gasteiger partial charge >= 0.3 is 5.97 Å². The summed E-state index contributed by atoms with van der Waals surface area (Å²) in [5, 5.41) is 8.70. The summed E-state index contributed by atoms with van der Waals surface area (Å²) < 4.78 is 5.20. The van der Waals surface area contributed by atoms with E-state index in [4.69, 9.17) is 14.7 Å². The van der Waals surface area contributed by atoms with Crippen molar-refractivity contribution in [1.29, 1.82) is 0 Å². The van der Waals surface area contributed by atoms with Gasteiger partial charge in [0.1, 0.15) is 5.75 Å². The average Bonchev–Trinajstić information content (AvgIpc) is 2.79. The lowest BCUT2D eigenvalue weighted by Gasteiger charge is -2.12. The zero-order valence-corrected chi connectivity index (χ0v) is 16.9. The summed E-state index contributed by atoms with van der Waals surface area (Å²) in [5.41, 5.74) is 8.32. The molecule has 0 heterocycles. The highest BCUT2D eigenvalue weighted by atomic mass is 16.6. The van der Waals surface area contributed by atoms with Crippen molar-refractivity contribution in [3.8, 4) is 16.9 Å². The third-order valence-corrected chi connectivity index (χ3v) is 4.53. The number of hydrogen-bond acceptors (Lipinski definition) is 4. The Labute approximate surface area is 176 Å². The van der Waals surface area contributed by atoms with Gasteiger partial charge in [-0.05, 0) is 47.7 Å². The average molecular weight is 403 g/mol. The summed E-state index contributed by atoms with van der Waals surface area (Å²) in [6.45, 7) is 2.07. The molecule has 0 bridgehead atoms. The first kappa shape index (κ1) is 21.1. The maximum absolute atomic E-state index is 10.6. The van der Waals surface area contributed by atoms with Crippen LogP contribution in [0.5, 0.6) is 5.75 Å². The largest absolute Gasteiger partial charge is 0.482 e. The molecule has 0 aliphatic carbocycles. The molecule has 0 amide bonds. The summed E-state index contributed by atoms with van der Waals surface area (Å²) in [6.07, 6.45) is 2.64. The van der Waals surface area contributed by atoms with Crippen LogP contribution in [-0.2, 0) is 16.1 Å². The Balaban J connectivity index is 1.50. The molecule has 0 fully saturated rings. The lowest BCUT2D eigenvalue weighted by Crippen LogP contribution is -2.15. The predicted octanol–water partition coefficient (Wildman–Crippen LogP) is 4.94. The van der Waals surface area contributed by atoms with Gasteiger partial charge in [-0.2, -0.15) is 0 Å². The number of aliphatic carboxylic acids is 1. The number of nitrogens with one attached hydrogen (secondary N) is 1. The number of allylic oxidation sites excluding steroid dienone is 1. The van der Waals surface area contributed by atoms with Crippen molar-refractivity contribution in [3.05, 3.63) is 96.1 Å². The Kier molecular flexibility index (Phi) is 7.64. The van der Waals surface area contributed by atoms with E-state index in [1.165, 1.54) is 11.1 Å². The highest BCUT2D eigenvalue weighted by Gasteiger charge is 2.04. The van der Waals surface area contributed by atoms with Gasteiger partial charge in [0, 0.05) is 0 Å². The minimum absolute atomic E-state index is 0.352. The molecular formula is C25H25NO4. The molecule has 3 aromatic carbocycles. The zero-order chi connectivity index (χ0) is 21.2. The molecule has 0 atom stereocenters. The Morgan fingerprint density at radius 2 is 1.70 bits per heavy atom. The first-order chi connectivity index (χ1) is 14.7. The van der Waals surface area contributed by atoms with E-state index in [0.717, 1.165) is 16.8 Å². The van der Waals surface area contributed by atoms with Gasteiger partial charge in [-0.3, -0.25) is 10.3 Å². The monoisotopic (exact) mass is 403 g/mol. The van der Waals surface area contributed by atoms with Crippen LogP contribution in [0.4, 0.5) is 0 Å². The molecule has 0 radical (unpaired) electrons. The van der Waals surface area contributed by atoms with Crippen LogP contribution in [0, 0.1) is 0 Å². The normalized spacial score (nSPS) is 11.2. The summed E-state index contributed by atoms with van der Waals surface area (Å²) in [4.78, 5) is 16.3. The van der Waals surface area contributed by atoms with E-state index in [0.29, 0.717) is 18.8 Å². The van der Waals surface area contributed by atoms with Crippen LogP contribution in [0.1, 0.15) is 18.1 Å². The first-order valence-corrected chi connectivity index (χ1v) is 9.79. The van der Waals surface area contributed by atoms with E-state index in [1.54, 1.807) is 6.07 Å². The number of rotatable bonds is 10. The van der Waals surface area contributed by atoms with E-state index in [-0.39, 0.29) is 6.61 Å². The van der Waals surface area contributed by atoms with Crippen LogP contribution in [0.25, 0.3) is 16.8 Å². The molecule has 154 valence electrons. The van der Waals surface area contributed by atoms with E-state index >= 15 is 0 Å². The van der Waals surface area contributed by atoms with Crippen LogP contribution < -0.4 is 10.2 Å². The maximum atomic E-state index is 10.6. The van der Waals surface area contributed by atoms with Crippen molar-refractivity contribution in [2.75, 3.05) is 13.2 Å². The molecule has 3 rings (SSSR count). The van der Waals surface area contributed by atoms with Gasteiger partial charge in [-0.15, -0.1) is 0 Å². The van der Waals surface area contributed by atoms with Crippen LogP contribution in [0.15, 0.2) is 84.9 Å². The van der Waals surface area contributed by atoms with Crippen molar-refractivity contribution in [2.45, 2.75) is 13.3 Å².